The van der Waals surface area contributed by atoms with Gasteiger partial charge in [-0.1, -0.05) is 37.1 Å². The first-order chi connectivity index (χ1) is 15.6. The van der Waals surface area contributed by atoms with Gasteiger partial charge in [0.1, 0.15) is 6.04 Å². The number of nitrogens with zero attached hydrogens (tertiary/aromatic N) is 1. The molecule has 1 aliphatic carbocycles. The Balaban J connectivity index is 1.52. The number of carbonyl (C=O) groups excluding carboxylic acids is 3. The van der Waals surface area contributed by atoms with Gasteiger partial charge in [0.25, 0.3) is 5.91 Å². The predicted octanol–water partition coefficient (Wildman–Crippen LogP) is 4.24. The van der Waals surface area contributed by atoms with Crippen molar-refractivity contribution in [2.45, 2.75) is 51.1 Å². The molecule has 0 aromatic heterocycles. The number of anilines is 2. The molecular weight excluding hydrogens is 404 g/mol. The lowest BCUT2D eigenvalue weighted by molar-refractivity contribution is -0.120. The van der Waals surface area contributed by atoms with E-state index in [2.05, 4.69) is 16.0 Å². The Labute approximate surface area is 188 Å². The highest BCUT2D eigenvalue weighted by atomic mass is 16.2. The van der Waals surface area contributed by atoms with Gasteiger partial charge in [0.2, 0.25) is 5.91 Å². The van der Waals surface area contributed by atoms with E-state index < -0.39 is 6.04 Å². The van der Waals surface area contributed by atoms with Crippen molar-refractivity contribution in [1.29, 1.82) is 0 Å². The molecule has 168 valence electrons. The van der Waals surface area contributed by atoms with Gasteiger partial charge in [-0.15, -0.1) is 0 Å². The zero-order chi connectivity index (χ0) is 22.5. The Kier molecular flexibility index (Phi) is 6.73. The summed E-state index contributed by atoms with van der Waals surface area (Å²) in [6.07, 6.45) is 4.92. The highest BCUT2D eigenvalue weighted by molar-refractivity contribution is 6.02. The molecule has 2 aliphatic rings. The molecule has 32 heavy (non-hydrogen) atoms. The molecule has 7 heteroatoms. The first kappa shape index (κ1) is 21.9. The lowest BCUT2D eigenvalue weighted by Gasteiger charge is -2.33. The van der Waals surface area contributed by atoms with Crippen molar-refractivity contribution in [3.8, 4) is 0 Å². The average molecular weight is 435 g/mol. The Morgan fingerprint density at radius 3 is 2.41 bits per heavy atom. The SMILES string of the molecule is CCNC(=O)Nc1cccc(NC(=O)C2CC3CCCCC3N2C(=O)c2ccccc2)c1. The number of carbonyl (C=O) groups is 3. The van der Waals surface area contributed by atoms with E-state index >= 15 is 0 Å². The molecule has 2 aromatic rings. The van der Waals surface area contributed by atoms with Crippen molar-refractivity contribution in [2.24, 2.45) is 5.92 Å². The van der Waals surface area contributed by atoms with Crippen LogP contribution in [-0.4, -0.2) is 41.4 Å². The minimum atomic E-state index is -0.504. The number of rotatable bonds is 5. The molecule has 0 bridgehead atoms. The minimum absolute atomic E-state index is 0.0770. The monoisotopic (exact) mass is 434 g/mol. The van der Waals surface area contributed by atoms with Crippen molar-refractivity contribution in [3.05, 3.63) is 60.2 Å². The van der Waals surface area contributed by atoms with Crippen molar-refractivity contribution < 1.29 is 14.4 Å². The summed E-state index contributed by atoms with van der Waals surface area (Å²) in [5, 5.41) is 8.40. The molecule has 2 aromatic carbocycles. The molecule has 1 saturated carbocycles. The summed E-state index contributed by atoms with van der Waals surface area (Å²) in [6.45, 7) is 2.37. The number of hydrogen-bond donors (Lipinski definition) is 3. The van der Waals surface area contributed by atoms with Gasteiger partial charge in [-0.25, -0.2) is 4.79 Å². The van der Waals surface area contributed by atoms with Gasteiger partial charge in [0, 0.05) is 29.5 Å². The standard InChI is InChI=1S/C25H30N4O3/c1-2-26-25(32)28-20-13-8-12-19(16-20)27-23(30)22-15-18-11-6-7-14-21(18)29(22)24(31)17-9-4-3-5-10-17/h3-5,8-10,12-13,16,18,21-22H,2,6-7,11,14-15H2,1H3,(H,27,30)(H2,26,28,32). The zero-order valence-corrected chi connectivity index (χ0v) is 18.3. The van der Waals surface area contributed by atoms with Crippen LogP contribution < -0.4 is 16.0 Å². The number of benzene rings is 2. The summed E-state index contributed by atoms with van der Waals surface area (Å²) in [7, 11) is 0. The van der Waals surface area contributed by atoms with E-state index in [1.807, 2.05) is 42.2 Å². The highest BCUT2D eigenvalue weighted by Crippen LogP contribution is 2.40. The third kappa shape index (κ3) is 4.77. The number of likely N-dealkylation sites (tertiary alicyclic amines) is 1. The van der Waals surface area contributed by atoms with Gasteiger partial charge in [-0.2, -0.15) is 0 Å². The van der Waals surface area contributed by atoms with Gasteiger partial charge in [-0.05, 0) is 62.4 Å². The molecule has 1 aliphatic heterocycles. The molecule has 1 heterocycles. The minimum Gasteiger partial charge on any atom is -0.338 e. The molecule has 7 nitrogen and oxygen atoms in total. The summed E-state index contributed by atoms with van der Waals surface area (Å²) in [5.41, 5.74) is 1.79. The predicted molar refractivity (Wildman–Crippen MR) is 125 cm³/mol. The number of urea groups is 1. The van der Waals surface area contributed by atoms with Crippen LogP contribution in [0.4, 0.5) is 16.2 Å². The molecule has 4 amide bonds. The lowest BCUT2D eigenvalue weighted by atomic mass is 9.84. The topological polar surface area (TPSA) is 90.5 Å². The van der Waals surface area contributed by atoms with E-state index in [0.29, 0.717) is 35.8 Å². The van der Waals surface area contributed by atoms with Crippen LogP contribution in [0.15, 0.2) is 54.6 Å². The number of hydrogen-bond acceptors (Lipinski definition) is 3. The number of nitrogens with one attached hydrogen (secondary N) is 3. The molecular formula is C25H30N4O3. The van der Waals surface area contributed by atoms with E-state index in [9.17, 15) is 14.4 Å². The van der Waals surface area contributed by atoms with Crippen LogP contribution in [0.5, 0.6) is 0 Å². The van der Waals surface area contributed by atoms with E-state index in [1.54, 1.807) is 24.3 Å². The second kappa shape index (κ2) is 9.85. The molecule has 1 saturated heterocycles. The van der Waals surface area contributed by atoms with Gasteiger partial charge < -0.3 is 20.9 Å². The smallest absolute Gasteiger partial charge is 0.319 e. The normalized spacial score (nSPS) is 22.0. The summed E-state index contributed by atoms with van der Waals surface area (Å²) in [4.78, 5) is 40.4. The maximum atomic E-state index is 13.4. The van der Waals surface area contributed by atoms with Crippen LogP contribution in [0.25, 0.3) is 0 Å². The maximum absolute atomic E-state index is 13.4. The molecule has 3 N–H and O–H groups in total. The van der Waals surface area contributed by atoms with E-state index in [-0.39, 0.29) is 23.9 Å². The quantitative estimate of drug-likeness (QED) is 0.657. The van der Waals surface area contributed by atoms with Gasteiger partial charge in [0.05, 0.1) is 0 Å². The van der Waals surface area contributed by atoms with E-state index in [4.69, 9.17) is 0 Å². The van der Waals surface area contributed by atoms with Crippen LogP contribution >= 0.6 is 0 Å². The van der Waals surface area contributed by atoms with Gasteiger partial charge in [-0.3, -0.25) is 9.59 Å². The van der Waals surface area contributed by atoms with E-state index in [1.165, 1.54) is 0 Å². The van der Waals surface area contributed by atoms with Crippen LogP contribution in [0.3, 0.4) is 0 Å². The fourth-order valence-electron chi connectivity index (χ4n) is 4.95. The van der Waals surface area contributed by atoms with Crippen LogP contribution in [0.2, 0.25) is 0 Å². The third-order valence-electron chi connectivity index (χ3n) is 6.37. The Morgan fingerprint density at radius 1 is 0.938 bits per heavy atom. The zero-order valence-electron chi connectivity index (χ0n) is 18.3. The highest BCUT2D eigenvalue weighted by Gasteiger charge is 2.47. The molecule has 3 unspecified atom stereocenters. The summed E-state index contributed by atoms with van der Waals surface area (Å²) in [6, 6.07) is 15.6. The van der Waals surface area contributed by atoms with Crippen molar-refractivity contribution in [3.63, 3.8) is 0 Å². The Bertz CT molecular complexity index is 978. The second-order valence-electron chi connectivity index (χ2n) is 8.50. The number of amides is 4. The van der Waals surface area contributed by atoms with Gasteiger partial charge in [0.15, 0.2) is 0 Å². The Hall–Kier alpha value is -3.35. The molecule has 2 fully saturated rings. The second-order valence-corrected chi connectivity index (χ2v) is 8.50. The number of fused-ring (bicyclic) bond motifs is 1. The largest absolute Gasteiger partial charge is 0.338 e. The van der Waals surface area contributed by atoms with E-state index in [0.717, 1.165) is 25.7 Å². The summed E-state index contributed by atoms with van der Waals surface area (Å²) >= 11 is 0. The third-order valence-corrected chi connectivity index (χ3v) is 6.37. The van der Waals surface area contributed by atoms with Crippen LogP contribution in [0, 0.1) is 5.92 Å². The fraction of sp³-hybridized carbons (Fsp3) is 0.400. The molecule has 3 atom stereocenters. The molecule has 4 rings (SSSR count). The van der Waals surface area contributed by atoms with Crippen LogP contribution in [0.1, 0.15) is 49.4 Å². The van der Waals surface area contributed by atoms with Crippen molar-refractivity contribution in [1.82, 2.24) is 10.2 Å². The van der Waals surface area contributed by atoms with Crippen molar-refractivity contribution in [2.75, 3.05) is 17.2 Å². The van der Waals surface area contributed by atoms with Crippen LogP contribution in [-0.2, 0) is 4.79 Å². The summed E-state index contributed by atoms with van der Waals surface area (Å²) in [5.74, 6) is 0.101. The van der Waals surface area contributed by atoms with Crippen molar-refractivity contribution >= 4 is 29.2 Å². The lowest BCUT2D eigenvalue weighted by Crippen LogP contribution is -2.47. The fourth-order valence-corrected chi connectivity index (χ4v) is 4.95. The summed E-state index contributed by atoms with van der Waals surface area (Å²) < 4.78 is 0. The first-order valence-corrected chi connectivity index (χ1v) is 11.4. The van der Waals surface area contributed by atoms with Gasteiger partial charge >= 0.3 is 6.03 Å². The molecule has 0 spiro atoms. The molecule has 0 radical (unpaired) electrons. The Morgan fingerprint density at radius 2 is 1.66 bits per heavy atom. The maximum Gasteiger partial charge on any atom is 0.319 e. The average Bonchev–Trinajstić information content (AvgIpc) is 3.19. The first-order valence-electron chi connectivity index (χ1n) is 11.4.